The molecular weight excluding hydrogens is 361 g/mol. The minimum Gasteiger partial charge on any atom is -0.309 e. The Morgan fingerprint density at radius 1 is 0.500 bits per heavy atom. The summed E-state index contributed by atoms with van der Waals surface area (Å²) in [5.74, 6) is 0. The predicted molar refractivity (Wildman–Crippen MR) is 130 cm³/mol. The lowest BCUT2D eigenvalue weighted by Gasteiger charge is -2.14. The molecule has 1 heterocycles. The van der Waals surface area contributed by atoms with Gasteiger partial charge in [0.25, 0.3) is 0 Å². The zero-order chi connectivity index (χ0) is 19.8. The first kappa shape index (κ1) is 16.1. The molecule has 2 radical (unpaired) electrons. The summed E-state index contributed by atoms with van der Waals surface area (Å²) < 4.78 is 2.38. The molecule has 7 rings (SSSR count). The number of benzene rings is 6. The number of aromatic nitrogens is 1. The van der Waals surface area contributed by atoms with E-state index in [2.05, 4.69) is 95.6 Å². The van der Waals surface area contributed by atoms with Gasteiger partial charge in [0.05, 0.1) is 11.0 Å². The van der Waals surface area contributed by atoms with Gasteiger partial charge < -0.3 is 4.57 Å². The van der Waals surface area contributed by atoms with Crippen LogP contribution in [0.4, 0.5) is 0 Å². The predicted octanol–water partition coefficient (Wildman–Crippen LogP) is 6.47. The van der Waals surface area contributed by atoms with Crippen LogP contribution in [0.15, 0.2) is 97.1 Å². The first-order valence-electron chi connectivity index (χ1n) is 10.3. The third-order valence-corrected chi connectivity index (χ3v) is 6.47. The monoisotopic (exact) mass is 377 g/mol. The lowest BCUT2D eigenvalue weighted by Crippen LogP contribution is -2.03. The Labute approximate surface area is 174 Å². The molecule has 0 aliphatic heterocycles. The maximum atomic E-state index is 6.35. The highest BCUT2D eigenvalue weighted by Crippen LogP contribution is 2.42. The molecule has 30 heavy (non-hydrogen) atoms. The molecule has 0 saturated heterocycles. The molecule has 0 bridgehead atoms. The van der Waals surface area contributed by atoms with Crippen molar-refractivity contribution in [2.45, 2.75) is 0 Å². The smallest absolute Gasteiger partial charge is 0.114 e. The average molecular weight is 377 g/mol. The molecule has 0 fully saturated rings. The highest BCUT2D eigenvalue weighted by molar-refractivity contribution is 6.43. The molecule has 0 N–H and O–H groups in total. The van der Waals surface area contributed by atoms with Gasteiger partial charge in [0.1, 0.15) is 7.85 Å². The molecule has 0 unspecified atom stereocenters. The molecule has 0 aliphatic carbocycles. The number of fused-ring (bicyclic) bond motifs is 4. The lowest BCUT2D eigenvalue weighted by molar-refractivity contribution is 1.18. The maximum Gasteiger partial charge on any atom is 0.114 e. The third kappa shape index (κ3) is 1.93. The zero-order valence-corrected chi connectivity index (χ0v) is 16.3. The first-order chi connectivity index (χ1) is 14.8. The van der Waals surface area contributed by atoms with E-state index in [4.69, 9.17) is 7.85 Å². The van der Waals surface area contributed by atoms with Crippen LogP contribution in [-0.4, -0.2) is 12.4 Å². The quantitative estimate of drug-likeness (QED) is 0.228. The van der Waals surface area contributed by atoms with Crippen LogP contribution in [-0.2, 0) is 0 Å². The van der Waals surface area contributed by atoms with Gasteiger partial charge in [-0.25, -0.2) is 0 Å². The number of nitrogens with zero attached hydrogens (tertiary/aromatic N) is 1. The fourth-order valence-corrected chi connectivity index (χ4v) is 5.21. The van der Waals surface area contributed by atoms with Crippen molar-refractivity contribution in [1.29, 1.82) is 0 Å². The molecule has 0 aliphatic rings. The Bertz CT molecular complexity index is 1740. The van der Waals surface area contributed by atoms with Gasteiger partial charge in [-0.3, -0.25) is 0 Å². The van der Waals surface area contributed by atoms with Crippen LogP contribution >= 0.6 is 0 Å². The fourth-order valence-electron chi connectivity index (χ4n) is 5.21. The summed E-state index contributed by atoms with van der Waals surface area (Å²) in [4.78, 5) is 0. The molecule has 136 valence electrons. The van der Waals surface area contributed by atoms with Crippen LogP contribution in [0.5, 0.6) is 0 Å². The van der Waals surface area contributed by atoms with Crippen molar-refractivity contribution in [3.63, 3.8) is 0 Å². The lowest BCUT2D eigenvalue weighted by atomic mass is 9.84. The van der Waals surface area contributed by atoms with Gasteiger partial charge in [-0.2, -0.15) is 0 Å². The van der Waals surface area contributed by atoms with Crippen LogP contribution in [0.25, 0.3) is 59.8 Å². The Kier molecular flexibility index (Phi) is 3.02. The van der Waals surface area contributed by atoms with E-state index in [1.807, 2.05) is 6.07 Å². The summed E-state index contributed by atoms with van der Waals surface area (Å²) in [6.45, 7) is 0. The zero-order valence-electron chi connectivity index (χ0n) is 16.3. The van der Waals surface area contributed by atoms with Gasteiger partial charge in [-0.1, -0.05) is 78.3 Å². The van der Waals surface area contributed by atoms with Crippen molar-refractivity contribution in [2.24, 2.45) is 0 Å². The van der Waals surface area contributed by atoms with E-state index >= 15 is 0 Å². The third-order valence-electron chi connectivity index (χ3n) is 6.47. The van der Waals surface area contributed by atoms with E-state index in [9.17, 15) is 0 Å². The van der Waals surface area contributed by atoms with Crippen molar-refractivity contribution in [1.82, 2.24) is 4.57 Å². The van der Waals surface area contributed by atoms with Gasteiger partial charge in [-0.05, 0) is 56.6 Å². The van der Waals surface area contributed by atoms with Crippen molar-refractivity contribution >= 4 is 67.4 Å². The summed E-state index contributed by atoms with van der Waals surface area (Å²) in [5.41, 5.74) is 4.49. The van der Waals surface area contributed by atoms with Gasteiger partial charge in [-0.15, -0.1) is 0 Å². The largest absolute Gasteiger partial charge is 0.309 e. The summed E-state index contributed by atoms with van der Waals surface area (Å²) in [5, 5.41) is 10.1. The SMILES string of the molecule is [B]c1ccc2ccc3cc4c(c5ccc1c2c35)c1ccccc1n4-c1ccccc1. The molecule has 2 heteroatoms. The van der Waals surface area contributed by atoms with Crippen LogP contribution in [0, 0.1) is 0 Å². The number of hydrogen-bond acceptors (Lipinski definition) is 0. The van der Waals surface area contributed by atoms with E-state index < -0.39 is 0 Å². The second kappa shape index (κ2) is 5.64. The van der Waals surface area contributed by atoms with Crippen molar-refractivity contribution in [3.05, 3.63) is 97.1 Å². The van der Waals surface area contributed by atoms with E-state index in [0.29, 0.717) is 0 Å². The average Bonchev–Trinajstić information content (AvgIpc) is 3.13. The number of hydrogen-bond donors (Lipinski definition) is 0. The second-order valence-electron chi connectivity index (χ2n) is 8.04. The standard InChI is InChI=1S/C28H16BN/c29-23-15-12-17-10-11-18-16-25-28(22-14-13-20(23)26(17)27(18)22)21-8-4-5-9-24(21)30(25)19-6-2-1-3-7-19/h1-16H. The molecule has 0 saturated carbocycles. The first-order valence-corrected chi connectivity index (χ1v) is 10.3. The molecule has 0 spiro atoms. The van der Waals surface area contributed by atoms with Gasteiger partial charge >= 0.3 is 0 Å². The summed E-state index contributed by atoms with van der Waals surface area (Å²) >= 11 is 0. The summed E-state index contributed by atoms with van der Waals surface area (Å²) in [6, 6.07) is 34.7. The number of para-hydroxylation sites is 2. The molecular formula is C28H16BN. The van der Waals surface area contributed by atoms with E-state index in [-0.39, 0.29) is 0 Å². The molecule has 1 aromatic heterocycles. The fraction of sp³-hybridized carbons (Fsp3) is 0. The Hall–Kier alpha value is -3.78. The van der Waals surface area contributed by atoms with Crippen molar-refractivity contribution in [2.75, 3.05) is 0 Å². The van der Waals surface area contributed by atoms with Gasteiger partial charge in [0.15, 0.2) is 0 Å². The van der Waals surface area contributed by atoms with Gasteiger partial charge in [0.2, 0.25) is 0 Å². The highest BCUT2D eigenvalue weighted by Gasteiger charge is 2.18. The van der Waals surface area contributed by atoms with E-state index in [0.717, 1.165) is 10.8 Å². The molecule has 0 amide bonds. The Morgan fingerprint density at radius 3 is 2.10 bits per heavy atom. The molecule has 0 atom stereocenters. The Balaban J connectivity index is 1.80. The molecule has 1 nitrogen and oxygen atoms in total. The topological polar surface area (TPSA) is 4.93 Å². The van der Waals surface area contributed by atoms with Crippen LogP contribution in [0.1, 0.15) is 0 Å². The number of rotatable bonds is 1. The minimum atomic E-state index is 0.837. The van der Waals surface area contributed by atoms with Gasteiger partial charge in [0, 0.05) is 16.5 Å². The van der Waals surface area contributed by atoms with E-state index in [1.165, 1.54) is 54.4 Å². The minimum absolute atomic E-state index is 0.837. The second-order valence-corrected chi connectivity index (χ2v) is 8.04. The molecule has 7 aromatic rings. The van der Waals surface area contributed by atoms with Crippen molar-refractivity contribution in [3.8, 4) is 5.69 Å². The van der Waals surface area contributed by atoms with Crippen molar-refractivity contribution < 1.29 is 0 Å². The molecule has 6 aromatic carbocycles. The van der Waals surface area contributed by atoms with E-state index in [1.54, 1.807) is 0 Å². The van der Waals surface area contributed by atoms with Crippen LogP contribution in [0.3, 0.4) is 0 Å². The van der Waals surface area contributed by atoms with Crippen LogP contribution < -0.4 is 5.46 Å². The normalized spacial score (nSPS) is 12.1. The van der Waals surface area contributed by atoms with Crippen LogP contribution in [0.2, 0.25) is 0 Å². The summed E-state index contributed by atoms with van der Waals surface area (Å²) in [7, 11) is 6.35. The summed E-state index contributed by atoms with van der Waals surface area (Å²) in [6.07, 6.45) is 0. The maximum absolute atomic E-state index is 6.35. The highest BCUT2D eigenvalue weighted by atomic mass is 15.0. The Morgan fingerprint density at radius 2 is 1.20 bits per heavy atom.